The molecule has 3 aromatic rings. The first kappa shape index (κ1) is 18.3. The van der Waals surface area contributed by atoms with E-state index in [2.05, 4.69) is 34.3 Å². The number of methoxy groups -OCH3 is 1. The minimum atomic E-state index is 0.268. The van der Waals surface area contributed by atoms with Gasteiger partial charge in [0.1, 0.15) is 5.75 Å². The number of hydrogen-bond donors (Lipinski definition) is 0. The van der Waals surface area contributed by atoms with E-state index in [1.54, 1.807) is 7.11 Å². The molecule has 0 unspecified atom stereocenters. The fourth-order valence-electron chi connectivity index (χ4n) is 4.11. The van der Waals surface area contributed by atoms with Gasteiger partial charge >= 0.3 is 0 Å². The first-order valence-corrected chi connectivity index (χ1v) is 10.2. The summed E-state index contributed by atoms with van der Waals surface area (Å²) in [6, 6.07) is 16.6. The monoisotopic (exact) mass is 391 g/mol. The molecule has 1 saturated heterocycles. The zero-order valence-corrected chi connectivity index (χ0v) is 16.6. The second-order valence-electron chi connectivity index (χ2n) is 7.74. The summed E-state index contributed by atoms with van der Waals surface area (Å²) >= 11 is 0. The van der Waals surface area contributed by atoms with Crippen molar-refractivity contribution in [1.82, 2.24) is 15.0 Å². The zero-order chi connectivity index (χ0) is 19.6. The van der Waals surface area contributed by atoms with Crippen molar-refractivity contribution in [2.24, 2.45) is 0 Å². The first-order chi connectivity index (χ1) is 14.3. The molecule has 1 aliphatic heterocycles. The molecule has 6 heteroatoms. The standard InChI is InChI=1S/C23H25N3O3/c1-27-21-8-3-2-7-18(21)19-14-20(19)23-24-22(25-29-23)17-6-4-5-16(13-17)15-26-9-11-28-12-10-26/h2-8,13,19-20H,9-12,14-15H2,1H3/t19-,20-/m0/s1. The number of para-hydroxylation sites is 1. The molecule has 29 heavy (non-hydrogen) atoms. The molecule has 1 aromatic heterocycles. The van der Waals surface area contributed by atoms with Crippen molar-refractivity contribution < 1.29 is 14.0 Å². The van der Waals surface area contributed by atoms with Crippen molar-refractivity contribution in [3.05, 3.63) is 65.5 Å². The summed E-state index contributed by atoms with van der Waals surface area (Å²) in [4.78, 5) is 7.12. The van der Waals surface area contributed by atoms with Gasteiger partial charge in [-0.2, -0.15) is 4.98 Å². The predicted molar refractivity (Wildman–Crippen MR) is 109 cm³/mol. The molecule has 0 bridgehead atoms. The Morgan fingerprint density at radius 2 is 1.93 bits per heavy atom. The molecule has 0 amide bonds. The SMILES string of the molecule is COc1ccccc1[C@@H]1C[C@@H]1c1nc(-c2cccc(CN3CCOCC3)c2)no1. The number of aromatic nitrogens is 2. The summed E-state index contributed by atoms with van der Waals surface area (Å²) in [5, 5.41) is 4.26. The lowest BCUT2D eigenvalue weighted by molar-refractivity contribution is 0.0342. The van der Waals surface area contributed by atoms with Crippen LogP contribution in [0.5, 0.6) is 5.75 Å². The summed E-state index contributed by atoms with van der Waals surface area (Å²) in [7, 11) is 1.71. The number of benzene rings is 2. The van der Waals surface area contributed by atoms with Crippen LogP contribution in [-0.4, -0.2) is 48.5 Å². The van der Waals surface area contributed by atoms with Gasteiger partial charge in [-0.1, -0.05) is 41.6 Å². The average Bonchev–Trinajstić information content (AvgIpc) is 3.42. The van der Waals surface area contributed by atoms with Gasteiger partial charge in [0.15, 0.2) is 0 Å². The van der Waals surface area contributed by atoms with Crippen LogP contribution in [0.1, 0.15) is 35.3 Å². The smallest absolute Gasteiger partial charge is 0.230 e. The van der Waals surface area contributed by atoms with Gasteiger partial charge in [0.25, 0.3) is 0 Å². The van der Waals surface area contributed by atoms with Crippen molar-refractivity contribution in [3.8, 4) is 17.1 Å². The minimum Gasteiger partial charge on any atom is -0.496 e. The van der Waals surface area contributed by atoms with Gasteiger partial charge in [0.05, 0.1) is 20.3 Å². The van der Waals surface area contributed by atoms with Crippen LogP contribution in [0.4, 0.5) is 0 Å². The minimum absolute atomic E-state index is 0.268. The van der Waals surface area contributed by atoms with E-state index in [0.29, 0.717) is 11.7 Å². The Kier molecular flexibility index (Phi) is 5.04. The van der Waals surface area contributed by atoms with E-state index in [1.807, 2.05) is 24.3 Å². The largest absolute Gasteiger partial charge is 0.496 e. The summed E-state index contributed by atoms with van der Waals surface area (Å²) in [5.74, 6) is 2.95. The van der Waals surface area contributed by atoms with Crippen molar-refractivity contribution in [2.75, 3.05) is 33.4 Å². The molecule has 0 spiro atoms. The lowest BCUT2D eigenvalue weighted by atomic mass is 10.1. The van der Waals surface area contributed by atoms with Crippen molar-refractivity contribution in [1.29, 1.82) is 0 Å². The summed E-state index contributed by atoms with van der Waals surface area (Å²) < 4.78 is 16.6. The number of hydrogen-bond acceptors (Lipinski definition) is 6. The highest BCUT2D eigenvalue weighted by Gasteiger charge is 2.45. The number of rotatable bonds is 6. The molecule has 5 rings (SSSR count). The van der Waals surface area contributed by atoms with Gasteiger partial charge in [0, 0.05) is 31.1 Å². The third kappa shape index (κ3) is 3.91. The van der Waals surface area contributed by atoms with Crippen LogP contribution in [0.3, 0.4) is 0 Å². The lowest BCUT2D eigenvalue weighted by Gasteiger charge is -2.26. The Balaban J connectivity index is 1.30. The molecule has 2 fully saturated rings. The highest BCUT2D eigenvalue weighted by molar-refractivity contribution is 5.55. The van der Waals surface area contributed by atoms with E-state index in [0.717, 1.165) is 56.5 Å². The molecular formula is C23H25N3O3. The van der Waals surface area contributed by atoms with Crippen LogP contribution in [0.2, 0.25) is 0 Å². The summed E-state index contributed by atoms with van der Waals surface area (Å²) in [5.41, 5.74) is 3.47. The second kappa shape index (κ2) is 7.97. The number of ether oxygens (including phenoxy) is 2. The van der Waals surface area contributed by atoms with Crippen molar-refractivity contribution >= 4 is 0 Å². The maximum atomic E-state index is 5.63. The zero-order valence-electron chi connectivity index (χ0n) is 16.6. The molecule has 150 valence electrons. The number of morpholine rings is 1. The van der Waals surface area contributed by atoms with Gasteiger partial charge in [-0.15, -0.1) is 0 Å². The van der Waals surface area contributed by atoms with E-state index in [-0.39, 0.29) is 5.92 Å². The van der Waals surface area contributed by atoms with E-state index >= 15 is 0 Å². The third-order valence-corrected chi connectivity index (χ3v) is 5.78. The van der Waals surface area contributed by atoms with E-state index < -0.39 is 0 Å². The van der Waals surface area contributed by atoms with Gasteiger partial charge in [-0.3, -0.25) is 4.90 Å². The number of nitrogens with zero attached hydrogens (tertiary/aromatic N) is 3. The second-order valence-corrected chi connectivity index (χ2v) is 7.74. The van der Waals surface area contributed by atoms with Gasteiger partial charge in [-0.05, 0) is 35.6 Å². The Morgan fingerprint density at radius 3 is 2.79 bits per heavy atom. The molecule has 6 nitrogen and oxygen atoms in total. The molecular weight excluding hydrogens is 366 g/mol. The normalized spacial score (nSPS) is 21.8. The Bertz CT molecular complexity index is 981. The maximum Gasteiger partial charge on any atom is 0.230 e. The van der Waals surface area contributed by atoms with E-state index in [1.165, 1.54) is 11.1 Å². The predicted octanol–water partition coefficient (Wildman–Crippen LogP) is 3.85. The lowest BCUT2D eigenvalue weighted by Crippen LogP contribution is -2.35. The highest BCUT2D eigenvalue weighted by Crippen LogP contribution is 2.56. The Morgan fingerprint density at radius 1 is 1.07 bits per heavy atom. The summed E-state index contributed by atoms with van der Waals surface area (Å²) in [6.45, 7) is 4.48. The van der Waals surface area contributed by atoms with E-state index in [4.69, 9.17) is 19.0 Å². The van der Waals surface area contributed by atoms with Crippen LogP contribution in [-0.2, 0) is 11.3 Å². The van der Waals surface area contributed by atoms with Crippen molar-refractivity contribution in [2.45, 2.75) is 24.8 Å². The molecule has 2 atom stereocenters. The van der Waals surface area contributed by atoms with Crippen molar-refractivity contribution in [3.63, 3.8) is 0 Å². The van der Waals surface area contributed by atoms with Crippen LogP contribution in [0, 0.1) is 0 Å². The maximum absolute atomic E-state index is 5.63. The Labute approximate surface area is 170 Å². The van der Waals surface area contributed by atoms with Crippen LogP contribution in [0.15, 0.2) is 53.1 Å². The van der Waals surface area contributed by atoms with Gasteiger partial charge < -0.3 is 14.0 Å². The quantitative estimate of drug-likeness (QED) is 0.636. The average molecular weight is 391 g/mol. The van der Waals surface area contributed by atoms with Crippen LogP contribution in [0.25, 0.3) is 11.4 Å². The fourth-order valence-corrected chi connectivity index (χ4v) is 4.11. The molecule has 1 saturated carbocycles. The van der Waals surface area contributed by atoms with E-state index in [9.17, 15) is 0 Å². The van der Waals surface area contributed by atoms with Gasteiger partial charge in [-0.25, -0.2) is 0 Å². The molecule has 0 radical (unpaired) electrons. The fraction of sp³-hybridized carbons (Fsp3) is 0.391. The molecule has 2 aromatic carbocycles. The topological polar surface area (TPSA) is 60.6 Å². The first-order valence-electron chi connectivity index (χ1n) is 10.2. The molecule has 0 N–H and O–H groups in total. The molecule has 1 aliphatic carbocycles. The third-order valence-electron chi connectivity index (χ3n) is 5.78. The molecule has 2 heterocycles. The van der Waals surface area contributed by atoms with Gasteiger partial charge in [0.2, 0.25) is 11.7 Å². The van der Waals surface area contributed by atoms with Crippen LogP contribution >= 0.6 is 0 Å². The molecule has 2 aliphatic rings. The van der Waals surface area contributed by atoms with Crippen LogP contribution < -0.4 is 4.74 Å². The highest BCUT2D eigenvalue weighted by atomic mass is 16.5. The Hall–Kier alpha value is -2.70. The summed E-state index contributed by atoms with van der Waals surface area (Å²) in [6.07, 6.45) is 1.01.